The van der Waals surface area contributed by atoms with Crippen LogP contribution in [0, 0.1) is 5.92 Å². The van der Waals surface area contributed by atoms with E-state index in [9.17, 15) is 4.79 Å². The molecule has 1 aliphatic heterocycles. The van der Waals surface area contributed by atoms with Crippen LogP contribution in [0.3, 0.4) is 0 Å². The molecule has 0 N–H and O–H groups in total. The number of para-hydroxylation sites is 2. The van der Waals surface area contributed by atoms with Gasteiger partial charge < -0.3 is 9.47 Å². The summed E-state index contributed by atoms with van der Waals surface area (Å²) in [6.45, 7) is 11.8. The molecule has 0 radical (unpaired) electrons. The zero-order valence-electron chi connectivity index (χ0n) is 17.2. The summed E-state index contributed by atoms with van der Waals surface area (Å²) in [6.07, 6.45) is 4.33. The van der Waals surface area contributed by atoms with Crippen LogP contribution in [0.2, 0.25) is 0 Å². The van der Waals surface area contributed by atoms with Gasteiger partial charge in [-0.15, -0.1) is 0 Å². The lowest BCUT2D eigenvalue weighted by molar-refractivity contribution is -0.137. The van der Waals surface area contributed by atoms with E-state index in [4.69, 9.17) is 4.98 Å². The average Bonchev–Trinajstić information content (AvgIpc) is 3.05. The van der Waals surface area contributed by atoms with Crippen LogP contribution in [0.1, 0.15) is 52.3 Å². The van der Waals surface area contributed by atoms with Crippen molar-refractivity contribution in [2.75, 3.05) is 26.2 Å². The maximum atomic E-state index is 13.0. The molecule has 27 heavy (non-hydrogen) atoms. The van der Waals surface area contributed by atoms with E-state index in [2.05, 4.69) is 53.3 Å². The number of carbonyl (C=O) groups excluding carboxylic acids is 1. The molecule has 5 nitrogen and oxygen atoms in total. The number of aromatic nitrogens is 2. The molecule has 1 atom stereocenters. The quantitative estimate of drug-likeness (QED) is 0.707. The van der Waals surface area contributed by atoms with E-state index in [1.54, 1.807) is 0 Å². The molecule has 0 aliphatic carbocycles. The molecule has 148 valence electrons. The summed E-state index contributed by atoms with van der Waals surface area (Å²) in [5.74, 6) is 1.60. The second kappa shape index (κ2) is 9.36. The van der Waals surface area contributed by atoms with Gasteiger partial charge in [0.25, 0.3) is 0 Å². The van der Waals surface area contributed by atoms with Gasteiger partial charge in [-0.1, -0.05) is 25.5 Å². The van der Waals surface area contributed by atoms with Gasteiger partial charge in [0.15, 0.2) is 0 Å². The monoisotopic (exact) mass is 370 g/mol. The minimum absolute atomic E-state index is 0.134. The highest BCUT2D eigenvalue weighted by molar-refractivity contribution is 5.79. The first kappa shape index (κ1) is 19.9. The summed E-state index contributed by atoms with van der Waals surface area (Å²) in [4.78, 5) is 22.3. The molecule has 5 heteroatoms. The molecule has 1 amide bonds. The number of hydrogen-bond donors (Lipinski definition) is 0. The third kappa shape index (κ3) is 4.52. The number of hydrogen-bond acceptors (Lipinski definition) is 3. The number of imidazole rings is 1. The maximum absolute atomic E-state index is 13.0. The van der Waals surface area contributed by atoms with Gasteiger partial charge in [0.1, 0.15) is 5.82 Å². The molecule has 2 aromatic rings. The number of benzene rings is 1. The van der Waals surface area contributed by atoms with Crippen LogP contribution in [0.5, 0.6) is 0 Å². The second-order valence-electron chi connectivity index (χ2n) is 7.61. The van der Waals surface area contributed by atoms with Crippen LogP contribution in [0.4, 0.5) is 0 Å². The van der Waals surface area contributed by atoms with Gasteiger partial charge in [0, 0.05) is 26.2 Å². The van der Waals surface area contributed by atoms with Crippen LogP contribution >= 0.6 is 0 Å². The van der Waals surface area contributed by atoms with E-state index >= 15 is 0 Å². The first-order valence-electron chi connectivity index (χ1n) is 10.6. The summed E-state index contributed by atoms with van der Waals surface area (Å²) in [7, 11) is 0. The lowest BCUT2D eigenvalue weighted by Gasteiger charge is -2.34. The Hall–Kier alpha value is -1.88. The molecule has 1 aromatic heterocycles. The number of aryl methyl sites for hydroxylation is 1. The number of unbranched alkanes of at least 4 members (excludes halogenated alkanes) is 1. The minimum Gasteiger partial charge on any atom is -0.343 e. The van der Waals surface area contributed by atoms with E-state index < -0.39 is 0 Å². The zero-order chi connectivity index (χ0) is 19.2. The molecule has 2 heterocycles. The molecule has 3 rings (SSSR count). The van der Waals surface area contributed by atoms with Gasteiger partial charge in [-0.05, 0) is 51.8 Å². The Bertz CT molecular complexity index is 754. The SMILES string of the molecule is CCCCN(CC)C(=O)[C@H]1CCCN(Cc2nc3ccccc3n2CC)C1. The van der Waals surface area contributed by atoms with Crippen molar-refractivity contribution in [3.8, 4) is 0 Å². The lowest BCUT2D eigenvalue weighted by atomic mass is 9.96. The van der Waals surface area contributed by atoms with E-state index in [-0.39, 0.29) is 5.92 Å². The number of carbonyl (C=O) groups is 1. The minimum atomic E-state index is 0.134. The van der Waals surface area contributed by atoms with Crippen LogP contribution in [0.25, 0.3) is 11.0 Å². The summed E-state index contributed by atoms with van der Waals surface area (Å²) < 4.78 is 2.31. The average molecular weight is 371 g/mol. The standard InChI is InChI=1S/C22H34N4O/c1-4-7-15-25(5-2)22(27)18-11-10-14-24(16-18)17-21-23-19-12-8-9-13-20(19)26(21)6-3/h8-9,12-13,18H,4-7,10-11,14-17H2,1-3H3/t18-/m0/s1. The Kier molecular flexibility index (Phi) is 6.89. The lowest BCUT2D eigenvalue weighted by Crippen LogP contribution is -2.45. The molecule has 0 spiro atoms. The van der Waals surface area contributed by atoms with E-state index in [0.717, 1.165) is 76.3 Å². The van der Waals surface area contributed by atoms with E-state index in [1.807, 2.05) is 6.07 Å². The maximum Gasteiger partial charge on any atom is 0.226 e. The summed E-state index contributed by atoms with van der Waals surface area (Å²) >= 11 is 0. The number of nitrogens with zero attached hydrogens (tertiary/aromatic N) is 4. The molecule has 1 saturated heterocycles. The molecule has 0 bridgehead atoms. The zero-order valence-corrected chi connectivity index (χ0v) is 17.2. The summed E-state index contributed by atoms with van der Waals surface area (Å²) in [5.41, 5.74) is 2.27. The second-order valence-corrected chi connectivity index (χ2v) is 7.61. The third-order valence-corrected chi connectivity index (χ3v) is 5.74. The smallest absolute Gasteiger partial charge is 0.226 e. The van der Waals surface area contributed by atoms with Crippen molar-refractivity contribution in [3.05, 3.63) is 30.1 Å². The van der Waals surface area contributed by atoms with Gasteiger partial charge >= 0.3 is 0 Å². The fraction of sp³-hybridized carbons (Fsp3) is 0.636. The summed E-state index contributed by atoms with van der Waals surface area (Å²) in [5, 5.41) is 0. The van der Waals surface area contributed by atoms with Crippen LogP contribution < -0.4 is 0 Å². The normalized spacial score (nSPS) is 18.1. The Morgan fingerprint density at radius 1 is 1.26 bits per heavy atom. The molecule has 1 aromatic carbocycles. The predicted octanol–water partition coefficient (Wildman–Crippen LogP) is 3.92. The number of fused-ring (bicyclic) bond motifs is 1. The van der Waals surface area contributed by atoms with Gasteiger partial charge in [-0.2, -0.15) is 0 Å². The highest BCUT2D eigenvalue weighted by atomic mass is 16.2. The number of amides is 1. The fourth-order valence-corrected chi connectivity index (χ4v) is 4.23. The van der Waals surface area contributed by atoms with Gasteiger partial charge in [-0.25, -0.2) is 4.98 Å². The van der Waals surface area contributed by atoms with E-state index in [1.165, 1.54) is 5.52 Å². The van der Waals surface area contributed by atoms with Gasteiger partial charge in [0.05, 0.1) is 23.5 Å². The van der Waals surface area contributed by atoms with Crippen LogP contribution in [-0.4, -0.2) is 51.4 Å². The Labute approximate surface area is 163 Å². The molecular weight excluding hydrogens is 336 g/mol. The molecule has 0 unspecified atom stereocenters. The van der Waals surface area contributed by atoms with Crippen molar-refractivity contribution >= 4 is 16.9 Å². The van der Waals surface area contributed by atoms with Crippen molar-refractivity contribution < 1.29 is 4.79 Å². The fourth-order valence-electron chi connectivity index (χ4n) is 4.23. The Morgan fingerprint density at radius 3 is 2.81 bits per heavy atom. The van der Waals surface area contributed by atoms with Gasteiger partial charge in [-0.3, -0.25) is 9.69 Å². The topological polar surface area (TPSA) is 41.4 Å². The number of likely N-dealkylation sites (tertiary alicyclic amines) is 1. The van der Waals surface area contributed by atoms with Crippen LogP contribution in [0.15, 0.2) is 24.3 Å². The molecule has 0 saturated carbocycles. The highest BCUT2D eigenvalue weighted by Gasteiger charge is 2.29. The largest absolute Gasteiger partial charge is 0.343 e. The number of piperidine rings is 1. The van der Waals surface area contributed by atoms with Crippen molar-refractivity contribution in [1.29, 1.82) is 0 Å². The van der Waals surface area contributed by atoms with Crippen molar-refractivity contribution in [2.45, 2.75) is 59.5 Å². The number of rotatable bonds is 8. The molecule has 1 fully saturated rings. The molecular formula is C22H34N4O. The Balaban J connectivity index is 1.69. The van der Waals surface area contributed by atoms with Crippen molar-refractivity contribution in [3.63, 3.8) is 0 Å². The molecule has 1 aliphatic rings. The first-order valence-corrected chi connectivity index (χ1v) is 10.6. The van der Waals surface area contributed by atoms with Crippen molar-refractivity contribution in [1.82, 2.24) is 19.4 Å². The van der Waals surface area contributed by atoms with E-state index in [0.29, 0.717) is 5.91 Å². The predicted molar refractivity (Wildman–Crippen MR) is 111 cm³/mol. The van der Waals surface area contributed by atoms with Gasteiger partial charge in [0.2, 0.25) is 5.91 Å². The summed E-state index contributed by atoms with van der Waals surface area (Å²) in [6, 6.07) is 8.35. The first-order chi connectivity index (χ1) is 13.2. The Morgan fingerprint density at radius 2 is 2.07 bits per heavy atom. The highest BCUT2D eigenvalue weighted by Crippen LogP contribution is 2.23. The third-order valence-electron chi connectivity index (χ3n) is 5.74. The van der Waals surface area contributed by atoms with Crippen molar-refractivity contribution in [2.24, 2.45) is 5.92 Å². The van der Waals surface area contributed by atoms with Crippen LogP contribution in [-0.2, 0) is 17.9 Å².